The van der Waals surface area contributed by atoms with Crippen LogP contribution in [0.15, 0.2) is 47.3 Å². The van der Waals surface area contributed by atoms with Crippen LogP contribution in [0.25, 0.3) is 0 Å². The van der Waals surface area contributed by atoms with Crippen molar-refractivity contribution in [3.8, 4) is 5.75 Å². The first-order valence-electron chi connectivity index (χ1n) is 7.94. The standard InChI is InChI=1S/C17H20N4O3/c1-20-16(22)8-7-15(19-20)18-17(23)21-11-9-14(10-12-21)24-13-5-3-2-4-6-13/h2-8,14H,9-12H2,1H3,(H,18,19,23). The SMILES string of the molecule is Cn1nc(NC(=O)N2CCC(Oc3ccccc3)CC2)ccc1=O. The summed E-state index contributed by atoms with van der Waals surface area (Å²) in [6, 6.07) is 12.4. The third-order valence-corrected chi connectivity index (χ3v) is 3.97. The van der Waals surface area contributed by atoms with Gasteiger partial charge in [-0.05, 0) is 18.2 Å². The van der Waals surface area contributed by atoms with E-state index in [9.17, 15) is 9.59 Å². The lowest BCUT2D eigenvalue weighted by Crippen LogP contribution is -2.44. The van der Waals surface area contributed by atoms with Crippen molar-refractivity contribution in [3.63, 3.8) is 0 Å². The van der Waals surface area contributed by atoms with E-state index in [1.54, 1.807) is 11.9 Å². The van der Waals surface area contributed by atoms with Gasteiger partial charge in [0.1, 0.15) is 11.9 Å². The second-order valence-electron chi connectivity index (χ2n) is 5.73. The Morgan fingerprint density at radius 1 is 1.17 bits per heavy atom. The van der Waals surface area contributed by atoms with Crippen LogP contribution in [0.2, 0.25) is 0 Å². The molecule has 0 spiro atoms. The van der Waals surface area contributed by atoms with Gasteiger partial charge in [-0.15, -0.1) is 0 Å². The highest BCUT2D eigenvalue weighted by molar-refractivity contribution is 5.88. The maximum absolute atomic E-state index is 12.3. The second-order valence-corrected chi connectivity index (χ2v) is 5.73. The van der Waals surface area contributed by atoms with Gasteiger partial charge < -0.3 is 9.64 Å². The number of para-hydroxylation sites is 1. The van der Waals surface area contributed by atoms with Gasteiger partial charge in [-0.1, -0.05) is 18.2 Å². The molecule has 1 aliphatic rings. The number of benzene rings is 1. The van der Waals surface area contributed by atoms with E-state index >= 15 is 0 Å². The van der Waals surface area contributed by atoms with Crippen LogP contribution in [-0.2, 0) is 7.05 Å². The summed E-state index contributed by atoms with van der Waals surface area (Å²) in [6.45, 7) is 1.24. The zero-order valence-electron chi connectivity index (χ0n) is 13.5. The maximum Gasteiger partial charge on any atom is 0.323 e. The minimum absolute atomic E-state index is 0.118. The second kappa shape index (κ2) is 7.16. The number of ether oxygens (including phenoxy) is 1. The van der Waals surface area contributed by atoms with Crippen molar-refractivity contribution in [2.45, 2.75) is 18.9 Å². The molecule has 2 aromatic rings. The zero-order chi connectivity index (χ0) is 16.9. The molecule has 0 radical (unpaired) electrons. The molecule has 1 saturated heterocycles. The Morgan fingerprint density at radius 3 is 2.54 bits per heavy atom. The molecule has 1 aliphatic heterocycles. The first-order valence-corrected chi connectivity index (χ1v) is 7.94. The fourth-order valence-corrected chi connectivity index (χ4v) is 2.63. The Hall–Kier alpha value is -2.83. The zero-order valence-corrected chi connectivity index (χ0v) is 13.5. The van der Waals surface area contributed by atoms with Gasteiger partial charge in [0.2, 0.25) is 0 Å². The maximum atomic E-state index is 12.3. The number of carbonyl (C=O) groups excluding carboxylic acids is 1. The van der Waals surface area contributed by atoms with Gasteiger partial charge in [0, 0.05) is 39.0 Å². The molecule has 7 heteroatoms. The predicted octanol–water partition coefficient (Wildman–Crippen LogP) is 1.86. The lowest BCUT2D eigenvalue weighted by molar-refractivity contribution is 0.115. The van der Waals surface area contributed by atoms with Crippen molar-refractivity contribution >= 4 is 11.8 Å². The van der Waals surface area contributed by atoms with Crippen LogP contribution >= 0.6 is 0 Å². The number of likely N-dealkylation sites (tertiary alicyclic amines) is 1. The topological polar surface area (TPSA) is 76.5 Å². The molecule has 0 unspecified atom stereocenters. The number of urea groups is 1. The van der Waals surface area contributed by atoms with Crippen LogP contribution in [0.5, 0.6) is 5.75 Å². The van der Waals surface area contributed by atoms with E-state index in [2.05, 4.69) is 10.4 Å². The molecular formula is C17H20N4O3. The van der Waals surface area contributed by atoms with Gasteiger partial charge in [0.05, 0.1) is 0 Å². The molecular weight excluding hydrogens is 308 g/mol. The minimum Gasteiger partial charge on any atom is -0.490 e. The number of hydrogen-bond acceptors (Lipinski definition) is 4. The number of carbonyl (C=O) groups is 1. The van der Waals surface area contributed by atoms with Crippen LogP contribution in [0.1, 0.15) is 12.8 Å². The number of hydrogen-bond donors (Lipinski definition) is 1. The number of nitrogens with one attached hydrogen (secondary N) is 1. The molecule has 1 fully saturated rings. The van der Waals surface area contributed by atoms with Crippen LogP contribution in [0.4, 0.5) is 10.6 Å². The van der Waals surface area contributed by atoms with Gasteiger partial charge in [0.15, 0.2) is 5.82 Å². The van der Waals surface area contributed by atoms with Crippen molar-refractivity contribution in [2.75, 3.05) is 18.4 Å². The predicted molar refractivity (Wildman–Crippen MR) is 90.2 cm³/mol. The van der Waals surface area contributed by atoms with Gasteiger partial charge >= 0.3 is 6.03 Å². The molecule has 1 aromatic heterocycles. The number of aromatic nitrogens is 2. The highest BCUT2D eigenvalue weighted by Gasteiger charge is 2.24. The summed E-state index contributed by atoms with van der Waals surface area (Å²) < 4.78 is 7.11. The highest BCUT2D eigenvalue weighted by atomic mass is 16.5. The summed E-state index contributed by atoms with van der Waals surface area (Å²) in [4.78, 5) is 25.3. The largest absolute Gasteiger partial charge is 0.490 e. The molecule has 0 saturated carbocycles. The van der Waals surface area contributed by atoms with Gasteiger partial charge in [-0.3, -0.25) is 10.1 Å². The Kier molecular flexibility index (Phi) is 4.79. The Bertz CT molecular complexity index is 752. The smallest absolute Gasteiger partial charge is 0.323 e. The van der Waals surface area contributed by atoms with Crippen molar-refractivity contribution in [1.82, 2.24) is 14.7 Å². The fraction of sp³-hybridized carbons (Fsp3) is 0.353. The minimum atomic E-state index is -0.216. The first kappa shape index (κ1) is 16.0. The van der Waals surface area contributed by atoms with Crippen molar-refractivity contribution in [1.29, 1.82) is 0 Å². The van der Waals surface area contributed by atoms with E-state index in [0.717, 1.165) is 18.6 Å². The number of nitrogens with zero attached hydrogens (tertiary/aromatic N) is 3. The molecule has 1 N–H and O–H groups in total. The van der Waals surface area contributed by atoms with E-state index < -0.39 is 0 Å². The number of rotatable bonds is 3. The van der Waals surface area contributed by atoms with Crippen LogP contribution in [0.3, 0.4) is 0 Å². The van der Waals surface area contributed by atoms with Crippen molar-refractivity contribution < 1.29 is 9.53 Å². The molecule has 2 amide bonds. The fourth-order valence-electron chi connectivity index (χ4n) is 2.63. The quantitative estimate of drug-likeness (QED) is 0.933. The van der Waals surface area contributed by atoms with Crippen LogP contribution in [-0.4, -0.2) is 39.9 Å². The van der Waals surface area contributed by atoms with E-state index in [4.69, 9.17) is 4.74 Å². The number of aryl methyl sites for hydroxylation is 1. The Labute approximate surface area is 139 Å². The molecule has 1 aromatic carbocycles. The van der Waals surface area contributed by atoms with E-state index in [-0.39, 0.29) is 17.7 Å². The monoisotopic (exact) mass is 328 g/mol. The average Bonchev–Trinajstić information content (AvgIpc) is 2.60. The van der Waals surface area contributed by atoms with E-state index in [1.807, 2.05) is 30.3 Å². The number of piperidine rings is 1. The lowest BCUT2D eigenvalue weighted by Gasteiger charge is -2.32. The molecule has 24 heavy (non-hydrogen) atoms. The summed E-state index contributed by atoms with van der Waals surface area (Å²) >= 11 is 0. The van der Waals surface area contributed by atoms with Crippen molar-refractivity contribution in [2.24, 2.45) is 7.05 Å². The summed E-state index contributed by atoms with van der Waals surface area (Å²) in [6.07, 6.45) is 1.68. The van der Waals surface area contributed by atoms with Gasteiger partial charge in [-0.2, -0.15) is 5.10 Å². The van der Waals surface area contributed by atoms with Crippen molar-refractivity contribution in [3.05, 3.63) is 52.8 Å². The number of anilines is 1. The van der Waals surface area contributed by atoms with Gasteiger partial charge in [-0.25, -0.2) is 9.48 Å². The summed E-state index contributed by atoms with van der Waals surface area (Å²) in [5.41, 5.74) is -0.216. The summed E-state index contributed by atoms with van der Waals surface area (Å²) in [5.74, 6) is 1.22. The highest BCUT2D eigenvalue weighted by Crippen LogP contribution is 2.19. The molecule has 2 heterocycles. The lowest BCUT2D eigenvalue weighted by atomic mass is 10.1. The molecule has 0 aliphatic carbocycles. The third-order valence-electron chi connectivity index (χ3n) is 3.97. The third kappa shape index (κ3) is 3.92. The first-order chi connectivity index (χ1) is 11.6. The molecule has 3 rings (SSSR count). The summed E-state index contributed by atoms with van der Waals surface area (Å²) in [5, 5.41) is 6.72. The van der Waals surface area contributed by atoms with E-state index in [1.165, 1.54) is 16.8 Å². The summed E-state index contributed by atoms with van der Waals surface area (Å²) in [7, 11) is 1.55. The van der Waals surface area contributed by atoms with Crippen LogP contribution in [0, 0.1) is 0 Å². The van der Waals surface area contributed by atoms with E-state index in [0.29, 0.717) is 18.9 Å². The van der Waals surface area contributed by atoms with Crippen LogP contribution < -0.4 is 15.6 Å². The normalized spacial score (nSPS) is 15.1. The molecule has 0 atom stereocenters. The number of amides is 2. The Balaban J connectivity index is 1.51. The molecule has 126 valence electrons. The van der Waals surface area contributed by atoms with Gasteiger partial charge in [0.25, 0.3) is 5.56 Å². The molecule has 7 nitrogen and oxygen atoms in total. The molecule has 0 bridgehead atoms. The average molecular weight is 328 g/mol. The Morgan fingerprint density at radius 2 is 1.88 bits per heavy atom.